The summed E-state index contributed by atoms with van der Waals surface area (Å²) < 4.78 is 11.0. The van der Waals surface area contributed by atoms with E-state index in [0.29, 0.717) is 0 Å². The molecule has 3 aromatic carbocycles. The van der Waals surface area contributed by atoms with E-state index >= 15 is 0 Å². The number of fused-ring (bicyclic) bond motifs is 1. The molecule has 0 aromatic heterocycles. The van der Waals surface area contributed by atoms with Gasteiger partial charge >= 0.3 is 5.97 Å². The second-order valence-electron chi connectivity index (χ2n) is 9.39. The predicted molar refractivity (Wildman–Crippen MR) is 142 cm³/mol. The Bertz CT molecular complexity index is 1100. The van der Waals surface area contributed by atoms with Crippen LogP contribution in [0.15, 0.2) is 103 Å². The zero-order chi connectivity index (χ0) is 24.4. The summed E-state index contributed by atoms with van der Waals surface area (Å²) in [6.45, 7) is 0. The maximum Gasteiger partial charge on any atom is 0.313 e. The third-order valence-corrected chi connectivity index (χ3v) is 12.7. The largest absolute Gasteiger partial charge is 0.481 e. The highest BCUT2D eigenvalue weighted by Gasteiger charge is 2.67. The monoisotopic (exact) mass is 487 g/mol. The molecule has 0 spiro atoms. The zero-order valence-corrected chi connectivity index (χ0v) is 21.1. The molecule has 4 atom stereocenters. The number of aliphatic hydroxyl groups is 1. The van der Waals surface area contributed by atoms with Gasteiger partial charge in [0.05, 0.1) is 19.8 Å². The normalized spacial score (nSPS) is 25.1. The third-order valence-electron chi connectivity index (χ3n) is 7.91. The minimum atomic E-state index is -2.50. The van der Waals surface area contributed by atoms with Crippen LogP contribution in [0, 0.1) is 17.8 Å². The van der Waals surface area contributed by atoms with Gasteiger partial charge in [0.15, 0.2) is 0 Å². The van der Waals surface area contributed by atoms with Crippen LogP contribution in [-0.4, -0.2) is 31.0 Å². The highest BCUT2D eigenvalue weighted by Crippen LogP contribution is 2.71. The van der Waals surface area contributed by atoms with Crippen LogP contribution >= 0.6 is 7.26 Å². The summed E-state index contributed by atoms with van der Waals surface area (Å²) in [7, 11) is 0.497. The van der Waals surface area contributed by atoms with E-state index in [1.165, 1.54) is 30.1 Å². The number of ether oxygens (including phenoxy) is 2. The molecule has 2 saturated carbocycles. The fourth-order valence-electron chi connectivity index (χ4n) is 6.66. The molecule has 180 valence electrons. The number of hydrogen-bond donors (Lipinski definition) is 1. The Labute approximate surface area is 207 Å². The summed E-state index contributed by atoms with van der Waals surface area (Å²) in [5.74, 6) is -0.382. The molecule has 1 N–H and O–H groups in total. The summed E-state index contributed by atoms with van der Waals surface area (Å²) in [6, 6.07) is 31.6. The first-order valence-corrected chi connectivity index (χ1v) is 14.1. The summed E-state index contributed by atoms with van der Waals surface area (Å²) in [6.07, 6.45) is 2.92. The van der Waals surface area contributed by atoms with E-state index < -0.39 is 7.26 Å². The van der Waals surface area contributed by atoms with Crippen LogP contribution in [0.4, 0.5) is 0 Å². The van der Waals surface area contributed by atoms with E-state index in [9.17, 15) is 9.90 Å². The predicted octanol–water partition coefficient (Wildman–Crippen LogP) is 4.98. The average molecular weight is 488 g/mol. The van der Waals surface area contributed by atoms with Crippen molar-refractivity contribution in [1.29, 1.82) is 0 Å². The number of hydrogen-bond acceptors (Lipinski definition) is 4. The van der Waals surface area contributed by atoms with Gasteiger partial charge in [-0.05, 0) is 61.1 Å². The number of benzene rings is 3. The van der Waals surface area contributed by atoms with Crippen molar-refractivity contribution in [2.45, 2.75) is 24.9 Å². The van der Waals surface area contributed by atoms with Gasteiger partial charge in [0.1, 0.15) is 34.8 Å². The van der Waals surface area contributed by atoms with Crippen LogP contribution in [0.3, 0.4) is 0 Å². The maximum atomic E-state index is 13.6. The maximum absolute atomic E-state index is 13.6. The summed E-state index contributed by atoms with van der Waals surface area (Å²) in [5.41, 5.74) is 0.618. The first kappa shape index (κ1) is 23.6. The fraction of sp³-hybridized carbons (Fsp3) is 0.300. The van der Waals surface area contributed by atoms with E-state index in [1.807, 2.05) is 18.2 Å². The van der Waals surface area contributed by atoms with Crippen molar-refractivity contribution in [3.05, 3.63) is 103 Å². The smallest absolute Gasteiger partial charge is 0.313 e. The molecule has 0 radical (unpaired) electrons. The van der Waals surface area contributed by atoms with Crippen molar-refractivity contribution >= 4 is 29.1 Å². The van der Waals surface area contributed by atoms with Gasteiger partial charge in [-0.3, -0.25) is 4.79 Å². The molecule has 2 fully saturated rings. The van der Waals surface area contributed by atoms with Crippen LogP contribution in [0.5, 0.6) is 0 Å². The van der Waals surface area contributed by atoms with Crippen LogP contribution in [0.25, 0.3) is 0 Å². The number of rotatable bonds is 6. The van der Waals surface area contributed by atoms with Crippen molar-refractivity contribution in [2.75, 3.05) is 14.2 Å². The lowest BCUT2D eigenvalue weighted by molar-refractivity contribution is -0.146. The number of carbonyl (C=O) groups is 1. The Balaban J connectivity index is 1.93. The standard InChI is InChI=1S/C30H31O4P/c1-33-29(31)26-24-19-12-20-25(24)27(30(32)34-2)28(26)35(21-13-6-3-7-14-21,22-15-8-4-9-16-22)23-17-10-5-11-18-23/h3-11,13-18,24-26,28H,12,19-20H2,1-2H3/p+1/b30-27+. The van der Waals surface area contributed by atoms with Crippen LogP contribution in [-0.2, 0) is 14.3 Å². The molecule has 0 amide bonds. The molecule has 5 heteroatoms. The SMILES string of the molecule is COC(=O)C1C2CCCC2/C(=C(/O)OC)C1[P+](c1ccccc1)(c1ccccc1)c1ccccc1. The molecular weight excluding hydrogens is 455 g/mol. The lowest BCUT2D eigenvalue weighted by atomic mass is 9.92. The van der Waals surface area contributed by atoms with Gasteiger partial charge in [0.25, 0.3) is 5.95 Å². The fourth-order valence-corrected chi connectivity index (χ4v) is 12.0. The lowest BCUT2D eigenvalue weighted by Crippen LogP contribution is -2.44. The molecule has 3 aromatic rings. The van der Waals surface area contributed by atoms with E-state index in [1.54, 1.807) is 0 Å². The number of methoxy groups -OCH3 is 2. The van der Waals surface area contributed by atoms with E-state index in [4.69, 9.17) is 9.47 Å². The first-order chi connectivity index (χ1) is 17.1. The quantitative estimate of drug-likeness (QED) is 0.303. The van der Waals surface area contributed by atoms with E-state index in [2.05, 4.69) is 72.8 Å². The number of allylic oxidation sites excluding steroid dienone is 1. The zero-order valence-electron chi connectivity index (χ0n) is 20.2. The van der Waals surface area contributed by atoms with Crippen molar-refractivity contribution in [3.63, 3.8) is 0 Å². The highest BCUT2D eigenvalue weighted by molar-refractivity contribution is 7.96. The van der Waals surface area contributed by atoms with E-state index in [0.717, 1.165) is 24.8 Å². The van der Waals surface area contributed by atoms with E-state index in [-0.39, 0.29) is 35.3 Å². The minimum Gasteiger partial charge on any atom is -0.481 e. The number of esters is 1. The van der Waals surface area contributed by atoms with Gasteiger partial charge < -0.3 is 14.6 Å². The molecule has 4 unspecified atom stereocenters. The summed E-state index contributed by atoms with van der Waals surface area (Å²) in [4.78, 5) is 13.6. The van der Waals surface area contributed by atoms with Crippen molar-refractivity contribution in [1.82, 2.24) is 0 Å². The Morgan fingerprint density at radius 2 is 1.26 bits per heavy atom. The Kier molecular flexibility index (Phi) is 6.67. The molecule has 2 aliphatic carbocycles. The van der Waals surface area contributed by atoms with Crippen LogP contribution in [0.1, 0.15) is 19.3 Å². The molecule has 2 aliphatic rings. The topological polar surface area (TPSA) is 55.8 Å². The average Bonchev–Trinajstić information content (AvgIpc) is 3.51. The van der Waals surface area contributed by atoms with Gasteiger partial charge in [-0.15, -0.1) is 0 Å². The molecule has 4 nitrogen and oxygen atoms in total. The Hall–Kier alpha value is -3.10. The molecule has 0 heterocycles. The number of carbonyl (C=O) groups excluding carboxylic acids is 1. The minimum absolute atomic E-state index is 0.0366. The third kappa shape index (κ3) is 3.76. The van der Waals surface area contributed by atoms with Gasteiger partial charge in [-0.25, -0.2) is 0 Å². The van der Waals surface area contributed by atoms with Crippen molar-refractivity contribution in [2.24, 2.45) is 17.8 Å². The highest BCUT2D eigenvalue weighted by atomic mass is 31.2. The van der Waals surface area contributed by atoms with Crippen LogP contribution in [0.2, 0.25) is 0 Å². The summed E-state index contributed by atoms with van der Waals surface area (Å²) in [5, 5.41) is 14.8. The number of aliphatic hydroxyl groups excluding tert-OH is 1. The molecule has 0 bridgehead atoms. The molecule has 0 saturated heterocycles. The van der Waals surface area contributed by atoms with Gasteiger partial charge in [-0.1, -0.05) is 61.0 Å². The van der Waals surface area contributed by atoms with Gasteiger partial charge in [-0.2, -0.15) is 0 Å². The van der Waals surface area contributed by atoms with Crippen molar-refractivity contribution < 1.29 is 19.4 Å². The molecule has 5 rings (SSSR count). The lowest BCUT2D eigenvalue weighted by Gasteiger charge is -2.36. The van der Waals surface area contributed by atoms with Gasteiger partial charge in [0, 0.05) is 0 Å². The Morgan fingerprint density at radius 1 is 0.771 bits per heavy atom. The molecule has 0 aliphatic heterocycles. The van der Waals surface area contributed by atoms with Crippen molar-refractivity contribution in [3.8, 4) is 0 Å². The van der Waals surface area contributed by atoms with Crippen LogP contribution < -0.4 is 15.9 Å². The summed E-state index contributed by atoms with van der Waals surface area (Å²) >= 11 is 0. The molecule has 35 heavy (non-hydrogen) atoms. The molecular formula is C30H32O4P+. The Morgan fingerprint density at radius 3 is 1.69 bits per heavy atom. The second-order valence-corrected chi connectivity index (χ2v) is 12.9. The first-order valence-electron chi connectivity index (χ1n) is 12.2. The second kappa shape index (κ2) is 9.87. The van der Waals surface area contributed by atoms with Gasteiger partial charge in [0.2, 0.25) is 0 Å².